The smallest absolute Gasteiger partial charge is 0.270 e. The first-order chi connectivity index (χ1) is 8.67. The number of rotatable bonds is 7. The second kappa shape index (κ2) is 7.42. The van der Waals surface area contributed by atoms with Crippen LogP contribution in [0.15, 0.2) is 18.7 Å². The van der Waals surface area contributed by atoms with Gasteiger partial charge in [0.2, 0.25) is 0 Å². The molecule has 0 atom stereocenters. The number of anilines is 1. The third kappa shape index (κ3) is 4.53. The molecule has 5 nitrogen and oxygen atoms in total. The molecule has 18 heavy (non-hydrogen) atoms. The summed E-state index contributed by atoms with van der Waals surface area (Å²) < 4.78 is 0. The van der Waals surface area contributed by atoms with Crippen molar-refractivity contribution in [3.63, 3.8) is 0 Å². The van der Waals surface area contributed by atoms with Gasteiger partial charge in [-0.15, -0.1) is 6.58 Å². The molecule has 1 heterocycles. The third-order valence-corrected chi connectivity index (χ3v) is 2.31. The van der Waals surface area contributed by atoms with Crippen LogP contribution in [-0.4, -0.2) is 29.0 Å². The van der Waals surface area contributed by atoms with Crippen molar-refractivity contribution in [1.29, 1.82) is 0 Å². The van der Waals surface area contributed by atoms with Gasteiger partial charge >= 0.3 is 0 Å². The van der Waals surface area contributed by atoms with Crippen molar-refractivity contribution < 1.29 is 4.79 Å². The molecule has 2 N–H and O–H groups in total. The van der Waals surface area contributed by atoms with Gasteiger partial charge in [0.15, 0.2) is 0 Å². The lowest BCUT2D eigenvalue weighted by molar-refractivity contribution is 0.0948. The second-order valence-corrected chi connectivity index (χ2v) is 3.96. The Labute approximate surface area is 108 Å². The van der Waals surface area contributed by atoms with Crippen molar-refractivity contribution in [2.24, 2.45) is 0 Å². The van der Waals surface area contributed by atoms with Crippen LogP contribution in [0.4, 0.5) is 5.82 Å². The van der Waals surface area contributed by atoms with Crippen LogP contribution in [0.2, 0.25) is 0 Å². The van der Waals surface area contributed by atoms with Crippen molar-refractivity contribution in [3.05, 3.63) is 30.2 Å². The van der Waals surface area contributed by atoms with Crippen LogP contribution in [0.5, 0.6) is 0 Å². The summed E-state index contributed by atoms with van der Waals surface area (Å²) in [5, 5.41) is 5.88. The molecular weight excluding hydrogens is 228 g/mol. The maximum atomic E-state index is 11.8. The molecule has 0 saturated heterocycles. The molecule has 5 heteroatoms. The van der Waals surface area contributed by atoms with Crippen molar-refractivity contribution in [1.82, 2.24) is 15.3 Å². The number of amides is 1. The number of aryl methyl sites for hydroxylation is 1. The molecule has 0 aliphatic heterocycles. The molecular formula is C13H20N4O. The van der Waals surface area contributed by atoms with Gasteiger partial charge in [-0.1, -0.05) is 19.4 Å². The Kier molecular flexibility index (Phi) is 5.84. The quantitative estimate of drug-likeness (QED) is 0.571. The zero-order valence-corrected chi connectivity index (χ0v) is 11.0. The first kappa shape index (κ1) is 14.2. The summed E-state index contributed by atoms with van der Waals surface area (Å²) in [6.45, 7) is 8.75. The second-order valence-electron chi connectivity index (χ2n) is 3.96. The largest absolute Gasteiger partial charge is 0.366 e. The fourth-order valence-corrected chi connectivity index (χ4v) is 1.42. The summed E-state index contributed by atoms with van der Waals surface area (Å²) in [6, 6.07) is 1.65. The maximum Gasteiger partial charge on any atom is 0.270 e. The predicted molar refractivity (Wildman–Crippen MR) is 72.7 cm³/mol. The highest BCUT2D eigenvalue weighted by molar-refractivity contribution is 5.92. The third-order valence-electron chi connectivity index (χ3n) is 2.31. The first-order valence-electron chi connectivity index (χ1n) is 6.16. The normalized spacial score (nSPS) is 9.89. The van der Waals surface area contributed by atoms with Crippen molar-refractivity contribution in [3.8, 4) is 0 Å². The Bertz CT molecular complexity index is 417. The molecule has 0 bridgehead atoms. The van der Waals surface area contributed by atoms with Crippen LogP contribution in [0.1, 0.15) is 36.1 Å². The van der Waals surface area contributed by atoms with Crippen LogP contribution in [0.3, 0.4) is 0 Å². The molecule has 0 aliphatic carbocycles. The van der Waals surface area contributed by atoms with Crippen LogP contribution < -0.4 is 10.6 Å². The Morgan fingerprint density at radius 1 is 1.50 bits per heavy atom. The molecule has 98 valence electrons. The highest BCUT2D eigenvalue weighted by Gasteiger charge is 2.09. The lowest BCUT2D eigenvalue weighted by Crippen LogP contribution is -2.25. The minimum absolute atomic E-state index is 0.157. The maximum absolute atomic E-state index is 11.8. The number of aromatic nitrogens is 2. The van der Waals surface area contributed by atoms with E-state index >= 15 is 0 Å². The van der Waals surface area contributed by atoms with E-state index in [0.29, 0.717) is 30.4 Å². The van der Waals surface area contributed by atoms with E-state index in [9.17, 15) is 4.79 Å². The Hall–Kier alpha value is -1.91. The number of hydrogen-bond acceptors (Lipinski definition) is 4. The van der Waals surface area contributed by atoms with Crippen LogP contribution >= 0.6 is 0 Å². The van der Waals surface area contributed by atoms with E-state index in [2.05, 4.69) is 34.1 Å². The molecule has 1 amide bonds. The Balaban J connectivity index is 2.71. The van der Waals surface area contributed by atoms with E-state index in [1.165, 1.54) is 0 Å². The highest BCUT2D eigenvalue weighted by atomic mass is 16.1. The average molecular weight is 248 g/mol. The molecule has 0 spiro atoms. The standard InChI is InChI=1S/C13H20N4O/c1-4-6-8-15-13(18)11-9-12(14-7-5-2)17-10(3)16-11/h5,9H,2,4,6-8H2,1,3H3,(H,15,18)(H,14,16,17). The van der Waals surface area contributed by atoms with E-state index < -0.39 is 0 Å². The van der Waals surface area contributed by atoms with Gasteiger partial charge in [0.25, 0.3) is 5.91 Å². The molecule has 0 fully saturated rings. The zero-order chi connectivity index (χ0) is 13.4. The topological polar surface area (TPSA) is 66.9 Å². The van der Waals surface area contributed by atoms with E-state index in [1.54, 1.807) is 19.1 Å². The van der Waals surface area contributed by atoms with E-state index in [-0.39, 0.29) is 5.91 Å². The molecule has 0 radical (unpaired) electrons. The number of unbranched alkanes of at least 4 members (excludes halogenated alkanes) is 1. The summed E-state index contributed by atoms with van der Waals surface area (Å²) in [5.74, 6) is 1.06. The van der Waals surface area contributed by atoms with Gasteiger partial charge in [-0.05, 0) is 13.3 Å². The molecule has 1 aromatic heterocycles. The van der Waals surface area contributed by atoms with Crippen LogP contribution in [0.25, 0.3) is 0 Å². The number of hydrogen-bond donors (Lipinski definition) is 2. The summed E-state index contributed by atoms with van der Waals surface area (Å²) in [7, 11) is 0. The van der Waals surface area contributed by atoms with Gasteiger partial charge in [0, 0.05) is 19.2 Å². The van der Waals surface area contributed by atoms with Gasteiger partial charge in [-0.3, -0.25) is 4.79 Å². The minimum Gasteiger partial charge on any atom is -0.366 e. The van der Waals surface area contributed by atoms with Gasteiger partial charge in [-0.2, -0.15) is 0 Å². The number of carbonyl (C=O) groups excluding carboxylic acids is 1. The Morgan fingerprint density at radius 2 is 2.28 bits per heavy atom. The number of carbonyl (C=O) groups is 1. The van der Waals surface area contributed by atoms with Gasteiger partial charge in [-0.25, -0.2) is 9.97 Å². The fourth-order valence-electron chi connectivity index (χ4n) is 1.42. The lowest BCUT2D eigenvalue weighted by atomic mass is 10.3. The van der Waals surface area contributed by atoms with E-state index in [1.807, 2.05) is 0 Å². The Morgan fingerprint density at radius 3 is 2.94 bits per heavy atom. The monoisotopic (exact) mass is 248 g/mol. The summed E-state index contributed by atoms with van der Waals surface area (Å²) in [5.41, 5.74) is 0.394. The van der Waals surface area contributed by atoms with Crippen LogP contribution in [0, 0.1) is 6.92 Å². The van der Waals surface area contributed by atoms with Gasteiger partial charge in [0.05, 0.1) is 0 Å². The van der Waals surface area contributed by atoms with Crippen molar-refractivity contribution in [2.45, 2.75) is 26.7 Å². The summed E-state index contributed by atoms with van der Waals surface area (Å²) in [6.07, 6.45) is 3.75. The summed E-state index contributed by atoms with van der Waals surface area (Å²) >= 11 is 0. The van der Waals surface area contributed by atoms with Gasteiger partial charge < -0.3 is 10.6 Å². The van der Waals surface area contributed by atoms with E-state index in [0.717, 1.165) is 12.8 Å². The average Bonchev–Trinajstić information content (AvgIpc) is 2.36. The molecule has 0 aliphatic rings. The number of nitrogens with zero attached hydrogens (tertiary/aromatic N) is 2. The van der Waals surface area contributed by atoms with Crippen molar-refractivity contribution in [2.75, 3.05) is 18.4 Å². The molecule has 1 aromatic rings. The molecule has 0 unspecified atom stereocenters. The van der Waals surface area contributed by atoms with Crippen molar-refractivity contribution >= 4 is 11.7 Å². The highest BCUT2D eigenvalue weighted by Crippen LogP contribution is 2.06. The SMILES string of the molecule is C=CCNc1cc(C(=O)NCCCC)nc(C)n1. The zero-order valence-electron chi connectivity index (χ0n) is 11.0. The minimum atomic E-state index is -0.157. The molecule has 0 aromatic carbocycles. The number of nitrogens with one attached hydrogen (secondary N) is 2. The fraction of sp³-hybridized carbons (Fsp3) is 0.462. The molecule has 1 rings (SSSR count). The lowest BCUT2D eigenvalue weighted by Gasteiger charge is -2.07. The first-order valence-corrected chi connectivity index (χ1v) is 6.16. The summed E-state index contributed by atoms with van der Waals surface area (Å²) in [4.78, 5) is 20.2. The van der Waals surface area contributed by atoms with Gasteiger partial charge in [0.1, 0.15) is 17.3 Å². The van der Waals surface area contributed by atoms with Crippen LogP contribution in [-0.2, 0) is 0 Å². The van der Waals surface area contributed by atoms with E-state index in [4.69, 9.17) is 0 Å². The molecule has 0 saturated carbocycles. The predicted octanol–water partition coefficient (Wildman–Crippen LogP) is 1.91.